The van der Waals surface area contributed by atoms with Crippen molar-refractivity contribution in [3.05, 3.63) is 48.6 Å². The number of carbonyl (C=O) groups is 2. The number of alkyl halides is 1. The van der Waals surface area contributed by atoms with E-state index in [1.54, 1.807) is 0 Å². The van der Waals surface area contributed by atoms with Crippen LogP contribution in [-0.4, -0.2) is 30.4 Å². The van der Waals surface area contributed by atoms with Crippen LogP contribution in [-0.2, 0) is 19.1 Å². The Morgan fingerprint density at radius 1 is 0.614 bits per heavy atom. The Kier molecular flexibility index (Phi) is 27.2. The predicted octanol–water partition coefficient (Wildman–Crippen LogP) is 12.3. The zero-order chi connectivity index (χ0) is 36.7. The Balaban J connectivity index is 4.28. The number of allylic oxidation sites excluding steroid dienone is 8. The van der Waals surface area contributed by atoms with Crippen LogP contribution in [0.15, 0.2) is 48.6 Å². The Morgan fingerprint density at radius 2 is 1.05 bits per heavy atom. The Bertz CT molecular complexity index is 962. The monoisotopic (exact) mass is 640 g/mol. The van der Waals surface area contributed by atoms with E-state index in [0.717, 1.165) is 89.9 Å². The molecule has 254 valence electrons. The lowest BCUT2D eigenvalue weighted by Crippen LogP contribution is -2.26. The number of hydrogen-bond donors (Lipinski definition) is 0. The molecule has 1 atom stereocenters. The van der Waals surface area contributed by atoms with E-state index < -0.39 is 30.4 Å². The summed E-state index contributed by atoms with van der Waals surface area (Å²) in [5, 5.41) is 0. The zero-order valence-corrected chi connectivity index (χ0v) is 28.9. The van der Waals surface area contributed by atoms with Crippen molar-refractivity contribution < 1.29 is 25.9 Å². The van der Waals surface area contributed by atoms with Gasteiger partial charge in [0.25, 0.3) is 0 Å². The highest BCUT2D eigenvalue weighted by Crippen LogP contribution is 2.12. The van der Waals surface area contributed by atoms with Gasteiger partial charge in [0.05, 0.1) is 9.94 Å². The lowest BCUT2D eigenvalue weighted by Gasteiger charge is -2.15. The van der Waals surface area contributed by atoms with E-state index in [-0.39, 0.29) is 12.8 Å². The molecule has 0 aromatic carbocycles. The minimum atomic E-state index is -3.29. The van der Waals surface area contributed by atoms with E-state index in [4.69, 9.17) is 27.9 Å². The highest BCUT2D eigenvalue weighted by atomic mass is 35.5. The third kappa shape index (κ3) is 33.1. The SMILES string of the molecule is [2H]C([2H])(Cl)C([2H])(OC(=O)CCCCCCC/C=C\C/C=C\C/C=C/CC)C([2H])([2H])OC(=O)CCCCCCC/C=C\CCCCCCCC. The number of halogens is 1. The van der Waals surface area contributed by atoms with Crippen molar-refractivity contribution >= 4 is 23.5 Å². The molecule has 0 bridgehead atoms. The predicted molar refractivity (Wildman–Crippen MR) is 190 cm³/mol. The number of esters is 2. The van der Waals surface area contributed by atoms with Gasteiger partial charge < -0.3 is 9.47 Å². The minimum Gasteiger partial charge on any atom is -0.462 e. The first-order chi connectivity index (χ1) is 23.4. The molecule has 0 aliphatic heterocycles. The van der Waals surface area contributed by atoms with Gasteiger partial charge in [0.1, 0.15) is 12.6 Å². The fraction of sp³-hybridized carbons (Fsp3) is 0.744. The topological polar surface area (TPSA) is 52.6 Å². The maximum atomic E-state index is 12.5. The van der Waals surface area contributed by atoms with Gasteiger partial charge in [-0.25, -0.2) is 0 Å². The first-order valence-corrected chi connectivity index (χ1v) is 18.0. The van der Waals surface area contributed by atoms with Gasteiger partial charge in [0, 0.05) is 15.6 Å². The molecule has 0 rings (SSSR count). The Labute approximate surface area is 284 Å². The van der Waals surface area contributed by atoms with E-state index in [0.29, 0.717) is 12.8 Å². The van der Waals surface area contributed by atoms with Crippen molar-refractivity contribution in [3.63, 3.8) is 0 Å². The van der Waals surface area contributed by atoms with Crippen LogP contribution >= 0.6 is 11.6 Å². The highest BCUT2D eigenvalue weighted by Gasteiger charge is 2.16. The quantitative estimate of drug-likeness (QED) is 0.0318. The molecule has 1 unspecified atom stereocenters. The molecule has 5 heteroatoms. The molecular weight excluding hydrogens is 568 g/mol. The molecule has 0 aromatic heterocycles. The molecule has 0 amide bonds. The molecule has 44 heavy (non-hydrogen) atoms. The van der Waals surface area contributed by atoms with E-state index in [9.17, 15) is 9.59 Å². The molecule has 0 aliphatic rings. The number of ether oxygens (including phenoxy) is 2. The Morgan fingerprint density at radius 3 is 1.57 bits per heavy atom. The highest BCUT2D eigenvalue weighted by molar-refractivity contribution is 6.18. The van der Waals surface area contributed by atoms with Crippen molar-refractivity contribution in [3.8, 4) is 0 Å². The first kappa shape index (κ1) is 33.6. The number of carbonyl (C=O) groups excluding carboxylic acids is 2. The normalized spacial score (nSPS) is 15.8. The lowest BCUT2D eigenvalue weighted by atomic mass is 10.1. The second kappa shape index (κ2) is 35.7. The van der Waals surface area contributed by atoms with Gasteiger partial charge >= 0.3 is 11.9 Å². The minimum absolute atomic E-state index is 0.0865. The standard InChI is InChI=1S/C39H67ClO4/c1-3-5-7-9-11-13-15-17-19-21-23-25-27-29-31-33-38(41)43-36-37(35-40)44-39(42)34-32-30-28-26-24-22-20-18-16-14-12-10-8-6-4-2/h6,8,12,14,17-20,37H,3-5,7,9-11,13,15-16,21-36H2,1-2H3/b8-6+,14-12-,19-17-,20-18-/i35D2,36D2,37D. The molecule has 0 saturated carbocycles. The molecule has 0 fully saturated rings. The molecule has 0 radical (unpaired) electrons. The van der Waals surface area contributed by atoms with Gasteiger partial charge in [-0.1, -0.05) is 133 Å². The third-order valence-corrected chi connectivity index (χ3v) is 7.41. The van der Waals surface area contributed by atoms with Gasteiger partial charge in [-0.15, -0.1) is 11.6 Å². The summed E-state index contributed by atoms with van der Waals surface area (Å²) in [5.74, 6) is -5.04. The Hall–Kier alpha value is -1.81. The third-order valence-electron chi connectivity index (χ3n) is 7.23. The van der Waals surface area contributed by atoms with E-state index >= 15 is 0 Å². The summed E-state index contributed by atoms with van der Waals surface area (Å²) in [6, 6.07) is 0. The van der Waals surface area contributed by atoms with Crippen molar-refractivity contribution in [2.24, 2.45) is 0 Å². The summed E-state index contributed by atoms with van der Waals surface area (Å²) in [4.78, 5) is 24.9. The second-order valence-electron chi connectivity index (χ2n) is 11.4. The summed E-state index contributed by atoms with van der Waals surface area (Å²) in [6.45, 7) is 1.06. The van der Waals surface area contributed by atoms with Crippen LogP contribution in [0.2, 0.25) is 0 Å². The second-order valence-corrected chi connectivity index (χ2v) is 11.6. The summed E-state index contributed by atoms with van der Waals surface area (Å²) in [7, 11) is 0. The summed E-state index contributed by atoms with van der Waals surface area (Å²) in [6.07, 6.45) is 36.4. The van der Waals surface area contributed by atoms with Crippen LogP contribution < -0.4 is 0 Å². The average Bonchev–Trinajstić information content (AvgIpc) is 3.03. The molecule has 0 aliphatic carbocycles. The summed E-state index contributed by atoms with van der Waals surface area (Å²) in [5.41, 5.74) is 0. The van der Waals surface area contributed by atoms with Gasteiger partial charge in [-0.05, 0) is 70.6 Å². The van der Waals surface area contributed by atoms with Crippen LogP contribution in [0.1, 0.15) is 175 Å². The number of hydrogen-bond acceptors (Lipinski definition) is 4. The van der Waals surface area contributed by atoms with Crippen molar-refractivity contribution in [2.75, 3.05) is 12.4 Å². The fourth-order valence-corrected chi connectivity index (χ4v) is 4.68. The molecule has 0 heterocycles. The summed E-state index contributed by atoms with van der Waals surface area (Å²) < 4.78 is 50.2. The molecule has 0 spiro atoms. The number of rotatable bonds is 32. The van der Waals surface area contributed by atoms with E-state index in [1.165, 1.54) is 38.5 Å². The van der Waals surface area contributed by atoms with Crippen LogP contribution in [0, 0.1) is 0 Å². The average molecular weight is 640 g/mol. The van der Waals surface area contributed by atoms with E-state index in [1.807, 2.05) is 0 Å². The van der Waals surface area contributed by atoms with E-state index in [2.05, 4.69) is 62.5 Å². The van der Waals surface area contributed by atoms with Gasteiger partial charge in [-0.3, -0.25) is 9.59 Å². The zero-order valence-electron chi connectivity index (χ0n) is 33.1. The maximum absolute atomic E-state index is 12.5. The fourth-order valence-electron chi connectivity index (χ4n) is 4.61. The van der Waals surface area contributed by atoms with Gasteiger partial charge in [0.2, 0.25) is 0 Å². The van der Waals surface area contributed by atoms with Crippen LogP contribution in [0.25, 0.3) is 0 Å². The van der Waals surface area contributed by atoms with Crippen molar-refractivity contribution in [1.82, 2.24) is 0 Å². The molecule has 0 N–H and O–H groups in total. The van der Waals surface area contributed by atoms with Crippen LogP contribution in [0.4, 0.5) is 0 Å². The van der Waals surface area contributed by atoms with Gasteiger partial charge in [-0.2, -0.15) is 0 Å². The van der Waals surface area contributed by atoms with Crippen LogP contribution in [0.3, 0.4) is 0 Å². The first-order valence-electron chi connectivity index (χ1n) is 20.1. The van der Waals surface area contributed by atoms with Crippen LogP contribution in [0.5, 0.6) is 0 Å². The summed E-state index contributed by atoms with van der Waals surface area (Å²) >= 11 is 5.72. The van der Waals surface area contributed by atoms with Crippen molar-refractivity contribution in [1.29, 1.82) is 0 Å². The van der Waals surface area contributed by atoms with Gasteiger partial charge in [0.15, 0.2) is 0 Å². The lowest BCUT2D eigenvalue weighted by molar-refractivity contribution is -0.157. The molecule has 0 aromatic rings. The number of unbranched alkanes of at least 4 members (excludes halogenated alkanes) is 16. The maximum Gasteiger partial charge on any atom is 0.306 e. The molecule has 4 nitrogen and oxygen atoms in total. The molecule has 0 saturated heterocycles. The molecular formula is C39H67ClO4. The van der Waals surface area contributed by atoms with Crippen molar-refractivity contribution in [2.45, 2.75) is 174 Å². The largest absolute Gasteiger partial charge is 0.462 e. The smallest absolute Gasteiger partial charge is 0.306 e.